The Bertz CT molecular complexity index is 813. The molecule has 1 aliphatic rings. The summed E-state index contributed by atoms with van der Waals surface area (Å²) in [5.74, 6) is -1.39. The maximum atomic E-state index is 12.3. The van der Waals surface area contributed by atoms with Crippen molar-refractivity contribution in [2.75, 3.05) is 25.5 Å². The van der Waals surface area contributed by atoms with Crippen LogP contribution in [0.25, 0.3) is 0 Å². The molecule has 0 radical (unpaired) electrons. The van der Waals surface area contributed by atoms with E-state index < -0.39 is 16.7 Å². The first-order valence-electron chi connectivity index (χ1n) is 8.59. The summed E-state index contributed by atoms with van der Waals surface area (Å²) in [6.07, 6.45) is 0.542. The Morgan fingerprint density at radius 3 is 2.25 bits per heavy atom. The molecule has 0 aliphatic carbocycles. The predicted octanol–water partition coefficient (Wildman–Crippen LogP) is 0.832. The fourth-order valence-electron chi connectivity index (χ4n) is 2.66. The van der Waals surface area contributed by atoms with Crippen molar-refractivity contribution in [2.45, 2.75) is 19.3 Å². The van der Waals surface area contributed by atoms with Gasteiger partial charge in [-0.15, -0.1) is 11.6 Å². The number of benzene rings is 1. The molecule has 11 heteroatoms. The lowest BCUT2D eigenvalue weighted by Crippen LogP contribution is -2.35. The average molecular weight is 411 g/mol. The summed E-state index contributed by atoms with van der Waals surface area (Å²) in [5.41, 5.74) is -0.150. The van der Waals surface area contributed by atoms with E-state index >= 15 is 0 Å². The summed E-state index contributed by atoms with van der Waals surface area (Å²) in [7, 11) is 0. The van der Waals surface area contributed by atoms with E-state index in [2.05, 4.69) is 10.6 Å². The van der Waals surface area contributed by atoms with Crippen LogP contribution in [0, 0.1) is 10.1 Å². The van der Waals surface area contributed by atoms with Crippen LogP contribution in [-0.2, 0) is 9.59 Å². The molecule has 10 nitrogen and oxygen atoms in total. The van der Waals surface area contributed by atoms with Gasteiger partial charge in [0, 0.05) is 50.5 Å². The number of imide groups is 1. The van der Waals surface area contributed by atoms with Crippen molar-refractivity contribution in [2.24, 2.45) is 0 Å². The van der Waals surface area contributed by atoms with Gasteiger partial charge in [0.05, 0.1) is 16.1 Å². The second-order valence-electron chi connectivity index (χ2n) is 5.99. The Labute approximate surface area is 165 Å². The van der Waals surface area contributed by atoms with Gasteiger partial charge in [0.15, 0.2) is 0 Å². The molecule has 28 heavy (non-hydrogen) atoms. The number of nitro groups is 1. The van der Waals surface area contributed by atoms with E-state index in [9.17, 15) is 29.3 Å². The zero-order chi connectivity index (χ0) is 20.7. The maximum Gasteiger partial charge on any atom is 0.270 e. The van der Waals surface area contributed by atoms with Gasteiger partial charge in [0.25, 0.3) is 17.5 Å². The third kappa shape index (κ3) is 5.26. The molecule has 0 aromatic heterocycles. The molecule has 0 spiro atoms. The highest BCUT2D eigenvalue weighted by molar-refractivity contribution is 6.21. The van der Waals surface area contributed by atoms with Crippen LogP contribution in [0.4, 0.5) is 5.69 Å². The number of non-ortho nitro benzene ring substituents is 1. The van der Waals surface area contributed by atoms with Crippen LogP contribution in [0.15, 0.2) is 18.2 Å². The zero-order valence-corrected chi connectivity index (χ0v) is 15.7. The van der Waals surface area contributed by atoms with Gasteiger partial charge in [0.1, 0.15) is 0 Å². The molecule has 1 aromatic carbocycles. The number of amides is 4. The minimum Gasteiger partial charge on any atom is -0.354 e. The van der Waals surface area contributed by atoms with E-state index in [0.29, 0.717) is 0 Å². The molecule has 2 N–H and O–H groups in total. The monoisotopic (exact) mass is 410 g/mol. The molecule has 2 rings (SSSR count). The molecule has 0 bridgehead atoms. The number of rotatable bonds is 10. The first-order chi connectivity index (χ1) is 13.3. The summed E-state index contributed by atoms with van der Waals surface area (Å²) in [6.45, 7) is 0.558. The standard InChI is InChI=1S/C17H19ClN4O6/c18-6-5-15(24)20-8-7-19-14(23)2-1-9-21-16(25)12-4-3-11(22(27)28)10-13(12)17(21)26/h3-4,10H,1-2,5-9H2,(H,19,23)(H,20,24). The average Bonchev–Trinajstić information content (AvgIpc) is 2.90. The van der Waals surface area contributed by atoms with Crippen LogP contribution in [0.3, 0.4) is 0 Å². The lowest BCUT2D eigenvalue weighted by atomic mass is 10.1. The molecule has 0 fully saturated rings. The quantitative estimate of drug-likeness (QED) is 0.192. The summed E-state index contributed by atoms with van der Waals surface area (Å²) in [5, 5.41) is 16.0. The van der Waals surface area contributed by atoms with Crippen LogP contribution in [0.1, 0.15) is 40.0 Å². The number of carbonyl (C=O) groups is 4. The van der Waals surface area contributed by atoms with Crippen LogP contribution in [-0.4, -0.2) is 59.0 Å². The SMILES string of the molecule is O=C(CCCl)NCCNC(=O)CCCN1C(=O)c2ccc([N+](=O)[O-])cc2C1=O. The molecule has 0 saturated carbocycles. The van der Waals surface area contributed by atoms with Gasteiger partial charge < -0.3 is 10.6 Å². The first kappa shape index (κ1) is 21.3. The topological polar surface area (TPSA) is 139 Å². The van der Waals surface area contributed by atoms with Crippen molar-refractivity contribution in [3.8, 4) is 0 Å². The predicted molar refractivity (Wildman–Crippen MR) is 99.1 cm³/mol. The van der Waals surface area contributed by atoms with Crippen molar-refractivity contribution < 1.29 is 24.1 Å². The largest absolute Gasteiger partial charge is 0.354 e. The van der Waals surface area contributed by atoms with Gasteiger partial charge in [-0.05, 0) is 12.5 Å². The lowest BCUT2D eigenvalue weighted by molar-refractivity contribution is -0.384. The van der Waals surface area contributed by atoms with Gasteiger partial charge >= 0.3 is 0 Å². The third-order valence-corrected chi connectivity index (χ3v) is 4.23. The number of nitro benzene ring substituents is 1. The van der Waals surface area contributed by atoms with Crippen molar-refractivity contribution in [1.82, 2.24) is 15.5 Å². The molecule has 0 saturated heterocycles. The summed E-state index contributed by atoms with van der Waals surface area (Å²) < 4.78 is 0. The summed E-state index contributed by atoms with van der Waals surface area (Å²) in [6, 6.07) is 3.52. The molecule has 1 heterocycles. The Morgan fingerprint density at radius 1 is 1.04 bits per heavy atom. The molecular weight excluding hydrogens is 392 g/mol. The second-order valence-corrected chi connectivity index (χ2v) is 6.37. The van der Waals surface area contributed by atoms with E-state index in [1.54, 1.807) is 0 Å². The smallest absolute Gasteiger partial charge is 0.270 e. The fraction of sp³-hybridized carbons (Fsp3) is 0.412. The molecule has 150 valence electrons. The second kappa shape index (κ2) is 9.79. The van der Waals surface area contributed by atoms with Gasteiger partial charge in [0.2, 0.25) is 11.8 Å². The van der Waals surface area contributed by atoms with Gasteiger partial charge in [-0.1, -0.05) is 0 Å². The Morgan fingerprint density at radius 2 is 1.64 bits per heavy atom. The number of hydrogen-bond donors (Lipinski definition) is 2. The zero-order valence-electron chi connectivity index (χ0n) is 14.9. The molecule has 4 amide bonds. The van der Waals surface area contributed by atoms with E-state index in [1.165, 1.54) is 12.1 Å². The van der Waals surface area contributed by atoms with E-state index in [4.69, 9.17) is 11.6 Å². The van der Waals surface area contributed by atoms with Crippen LogP contribution >= 0.6 is 11.6 Å². The van der Waals surface area contributed by atoms with Gasteiger partial charge in [-0.3, -0.25) is 34.2 Å². The highest BCUT2D eigenvalue weighted by Crippen LogP contribution is 2.26. The molecule has 0 atom stereocenters. The van der Waals surface area contributed by atoms with Crippen LogP contribution in [0.2, 0.25) is 0 Å². The number of carbonyl (C=O) groups excluding carboxylic acids is 4. The van der Waals surface area contributed by atoms with Crippen molar-refractivity contribution in [3.05, 3.63) is 39.4 Å². The highest BCUT2D eigenvalue weighted by atomic mass is 35.5. The molecule has 1 aromatic rings. The van der Waals surface area contributed by atoms with Gasteiger partial charge in [-0.25, -0.2) is 0 Å². The minimum absolute atomic E-state index is 0.00339. The van der Waals surface area contributed by atoms with E-state index in [0.717, 1.165) is 11.0 Å². The Kier molecular flexibility index (Phi) is 7.44. The Hall–Kier alpha value is -3.01. The number of nitrogens with zero attached hydrogens (tertiary/aromatic N) is 2. The molecular formula is C17H19ClN4O6. The summed E-state index contributed by atoms with van der Waals surface area (Å²) >= 11 is 5.43. The van der Waals surface area contributed by atoms with Crippen molar-refractivity contribution in [3.63, 3.8) is 0 Å². The summed E-state index contributed by atoms with van der Waals surface area (Å²) in [4.78, 5) is 58.7. The normalized spacial score (nSPS) is 12.7. The number of hydrogen-bond acceptors (Lipinski definition) is 6. The first-order valence-corrected chi connectivity index (χ1v) is 9.12. The fourth-order valence-corrected chi connectivity index (χ4v) is 2.83. The molecule has 1 aliphatic heterocycles. The minimum atomic E-state index is -0.636. The number of nitrogens with one attached hydrogen (secondary N) is 2. The third-order valence-electron chi connectivity index (χ3n) is 4.04. The van der Waals surface area contributed by atoms with E-state index in [1.807, 2.05) is 0 Å². The van der Waals surface area contributed by atoms with Gasteiger partial charge in [-0.2, -0.15) is 0 Å². The Balaban J connectivity index is 1.76. The lowest BCUT2D eigenvalue weighted by Gasteiger charge is -2.13. The van der Waals surface area contributed by atoms with Crippen molar-refractivity contribution >= 4 is 40.9 Å². The molecule has 0 unspecified atom stereocenters. The number of alkyl halides is 1. The highest BCUT2D eigenvalue weighted by Gasteiger charge is 2.36. The van der Waals surface area contributed by atoms with Crippen molar-refractivity contribution in [1.29, 1.82) is 0 Å². The maximum absolute atomic E-state index is 12.3. The van der Waals surface area contributed by atoms with E-state index in [-0.39, 0.29) is 73.4 Å². The number of fused-ring (bicyclic) bond motifs is 1. The van der Waals surface area contributed by atoms with Crippen LogP contribution < -0.4 is 10.6 Å². The van der Waals surface area contributed by atoms with Crippen LogP contribution in [0.5, 0.6) is 0 Å². The number of halogens is 1.